The lowest BCUT2D eigenvalue weighted by atomic mass is 9.75. The molecule has 3 aliphatic heterocycles. The Labute approximate surface area is 230 Å². The quantitative estimate of drug-likeness (QED) is 0.450. The maximum Gasteiger partial charge on any atom is 0.259 e. The van der Waals surface area contributed by atoms with E-state index in [-0.39, 0.29) is 17.4 Å². The number of aryl methyl sites for hydroxylation is 1. The Kier molecular flexibility index (Phi) is 6.08. The van der Waals surface area contributed by atoms with Gasteiger partial charge in [-0.3, -0.25) is 14.7 Å². The van der Waals surface area contributed by atoms with Crippen molar-refractivity contribution in [2.24, 2.45) is 13.0 Å². The first-order valence-corrected chi connectivity index (χ1v) is 14.5. The van der Waals surface area contributed by atoms with E-state index in [0.29, 0.717) is 31.6 Å². The van der Waals surface area contributed by atoms with Gasteiger partial charge < -0.3 is 14.2 Å². The Bertz CT molecular complexity index is 1410. The van der Waals surface area contributed by atoms with Crippen LogP contribution in [0.2, 0.25) is 0 Å². The van der Waals surface area contributed by atoms with Crippen LogP contribution in [0, 0.1) is 5.92 Å². The molecule has 39 heavy (non-hydrogen) atoms. The average molecular weight is 527 g/mol. The second kappa shape index (κ2) is 9.52. The first-order chi connectivity index (χ1) is 18.9. The molecule has 1 unspecified atom stereocenters. The van der Waals surface area contributed by atoms with Gasteiger partial charge in [-0.1, -0.05) is 19.1 Å². The highest BCUT2D eigenvalue weighted by atomic mass is 16.5. The predicted octanol–water partition coefficient (Wildman–Crippen LogP) is 4.55. The number of ether oxygens (including phenoxy) is 1. The fourth-order valence-corrected chi connectivity index (χ4v) is 6.72. The van der Waals surface area contributed by atoms with E-state index < -0.39 is 0 Å². The minimum absolute atomic E-state index is 0.0964. The number of hydrogen-bond donors (Lipinski definition) is 0. The van der Waals surface area contributed by atoms with Crippen molar-refractivity contribution in [1.82, 2.24) is 24.6 Å². The van der Waals surface area contributed by atoms with E-state index in [1.165, 1.54) is 31.2 Å². The number of carbonyl (C=O) groups is 1. The number of pyridine rings is 1. The Hall–Kier alpha value is -3.10. The highest BCUT2D eigenvalue weighted by Gasteiger charge is 2.43. The third kappa shape index (κ3) is 4.38. The van der Waals surface area contributed by atoms with Crippen molar-refractivity contribution in [2.75, 3.05) is 31.2 Å². The van der Waals surface area contributed by atoms with Crippen LogP contribution in [0.3, 0.4) is 0 Å². The summed E-state index contributed by atoms with van der Waals surface area (Å²) in [6.45, 7) is 8.70. The van der Waals surface area contributed by atoms with Gasteiger partial charge in [-0.2, -0.15) is 0 Å². The number of aromatic nitrogens is 4. The summed E-state index contributed by atoms with van der Waals surface area (Å²) in [5, 5.41) is 8.38. The van der Waals surface area contributed by atoms with Crippen LogP contribution in [0.25, 0.3) is 0 Å². The number of rotatable bonds is 7. The minimum atomic E-state index is -0.151. The van der Waals surface area contributed by atoms with Crippen LogP contribution in [0.5, 0.6) is 0 Å². The maximum atomic E-state index is 14.0. The van der Waals surface area contributed by atoms with Gasteiger partial charge >= 0.3 is 0 Å². The van der Waals surface area contributed by atoms with Crippen LogP contribution >= 0.6 is 0 Å². The lowest BCUT2D eigenvalue weighted by Crippen LogP contribution is -2.49. The summed E-state index contributed by atoms with van der Waals surface area (Å²) in [7, 11) is 1.98. The lowest BCUT2D eigenvalue weighted by molar-refractivity contribution is -0.0611. The number of likely N-dealkylation sites (tertiary alicyclic amines) is 1. The van der Waals surface area contributed by atoms with E-state index in [1.54, 1.807) is 6.33 Å². The van der Waals surface area contributed by atoms with Crippen molar-refractivity contribution < 1.29 is 9.53 Å². The summed E-state index contributed by atoms with van der Waals surface area (Å²) in [5.41, 5.74) is 6.19. The number of amides is 1. The molecular weight excluding hydrogens is 488 g/mol. The zero-order valence-corrected chi connectivity index (χ0v) is 23.3. The molecule has 0 radical (unpaired) electrons. The first-order valence-electron chi connectivity index (χ1n) is 14.5. The van der Waals surface area contributed by atoms with E-state index >= 15 is 0 Å². The molecule has 0 N–H and O–H groups in total. The summed E-state index contributed by atoms with van der Waals surface area (Å²) in [4.78, 5) is 23.7. The Balaban J connectivity index is 1.19. The molecule has 0 spiro atoms. The van der Waals surface area contributed by atoms with Crippen molar-refractivity contribution in [1.29, 1.82) is 0 Å². The molecule has 1 aromatic carbocycles. The Morgan fingerprint density at radius 2 is 2.03 bits per heavy atom. The van der Waals surface area contributed by atoms with Crippen LogP contribution in [-0.2, 0) is 30.2 Å². The summed E-state index contributed by atoms with van der Waals surface area (Å²) in [5.74, 6) is 2.24. The molecule has 8 heteroatoms. The van der Waals surface area contributed by atoms with Crippen LogP contribution in [0.4, 0.5) is 5.69 Å². The highest BCUT2D eigenvalue weighted by molar-refractivity contribution is 6.10. The number of piperidine rings is 1. The summed E-state index contributed by atoms with van der Waals surface area (Å²) in [6.07, 6.45) is 7.38. The normalized spacial score (nSPS) is 23.5. The molecule has 4 aliphatic rings. The summed E-state index contributed by atoms with van der Waals surface area (Å²) < 4.78 is 7.68. The topological polar surface area (TPSA) is 76.4 Å². The third-order valence-corrected chi connectivity index (χ3v) is 9.42. The van der Waals surface area contributed by atoms with E-state index in [4.69, 9.17) is 9.72 Å². The molecule has 2 saturated heterocycles. The molecule has 3 fully saturated rings. The summed E-state index contributed by atoms with van der Waals surface area (Å²) in [6, 6.07) is 10.8. The standard InChI is InChI=1S/C31H38N6O2/c1-20-6-5-11-36(15-20)21(2)27-13-25-26(29(33-27)22-9-10-22)16-37(30(25)38)24-8-4-7-23(12-24)31(17-39-18-31)14-28-34-32-19-35(28)3/h4,7-8,12-13,19-22H,5-6,9-11,14-18H2,1-3H3/t20?,21-/m1/s1. The number of fused-ring (bicyclic) bond motifs is 1. The van der Waals surface area contributed by atoms with Gasteiger partial charge in [-0.15, -0.1) is 10.2 Å². The van der Waals surface area contributed by atoms with Crippen molar-refractivity contribution in [2.45, 2.75) is 69.9 Å². The van der Waals surface area contributed by atoms with Crippen LogP contribution < -0.4 is 4.90 Å². The summed E-state index contributed by atoms with van der Waals surface area (Å²) >= 11 is 0. The Morgan fingerprint density at radius 3 is 2.72 bits per heavy atom. The number of hydrogen-bond acceptors (Lipinski definition) is 6. The van der Waals surface area contributed by atoms with Crippen molar-refractivity contribution >= 4 is 11.6 Å². The maximum absolute atomic E-state index is 14.0. The molecule has 204 valence electrons. The predicted molar refractivity (Wildman–Crippen MR) is 149 cm³/mol. The molecule has 3 aromatic rings. The van der Waals surface area contributed by atoms with Crippen LogP contribution in [0.1, 0.15) is 90.2 Å². The van der Waals surface area contributed by atoms with Crippen molar-refractivity contribution in [3.63, 3.8) is 0 Å². The highest BCUT2D eigenvalue weighted by Crippen LogP contribution is 2.45. The smallest absolute Gasteiger partial charge is 0.259 e. The van der Waals surface area contributed by atoms with Gasteiger partial charge in [-0.05, 0) is 68.8 Å². The van der Waals surface area contributed by atoms with E-state index in [9.17, 15) is 4.79 Å². The molecule has 1 saturated carbocycles. The molecular formula is C31H38N6O2. The second-order valence-electron chi connectivity index (χ2n) is 12.4. The fourth-order valence-electron chi connectivity index (χ4n) is 6.72. The van der Waals surface area contributed by atoms with Gasteiger partial charge in [0.25, 0.3) is 5.91 Å². The van der Waals surface area contributed by atoms with Gasteiger partial charge in [-0.25, -0.2) is 0 Å². The Morgan fingerprint density at radius 1 is 1.18 bits per heavy atom. The zero-order chi connectivity index (χ0) is 26.7. The van der Waals surface area contributed by atoms with E-state index in [0.717, 1.165) is 53.5 Å². The average Bonchev–Trinajstić information content (AvgIpc) is 3.61. The van der Waals surface area contributed by atoms with Crippen LogP contribution in [0.15, 0.2) is 36.7 Å². The lowest BCUT2D eigenvalue weighted by Gasteiger charge is -2.42. The van der Waals surface area contributed by atoms with Crippen molar-refractivity contribution in [3.8, 4) is 0 Å². The molecule has 1 aliphatic carbocycles. The molecule has 2 aromatic heterocycles. The van der Waals surface area contributed by atoms with Crippen LogP contribution in [-0.4, -0.2) is 56.9 Å². The number of nitrogens with zero attached hydrogens (tertiary/aromatic N) is 6. The molecule has 0 bridgehead atoms. The number of benzene rings is 1. The van der Waals surface area contributed by atoms with E-state index in [2.05, 4.69) is 59.3 Å². The first kappa shape index (κ1) is 24.9. The number of carbonyl (C=O) groups excluding carboxylic acids is 1. The third-order valence-electron chi connectivity index (χ3n) is 9.42. The van der Waals surface area contributed by atoms with Crippen molar-refractivity contribution in [3.05, 3.63) is 70.6 Å². The molecule has 1 amide bonds. The minimum Gasteiger partial charge on any atom is -0.379 e. The van der Waals surface area contributed by atoms with Gasteiger partial charge in [0, 0.05) is 59.9 Å². The second-order valence-corrected chi connectivity index (χ2v) is 12.4. The monoisotopic (exact) mass is 526 g/mol. The molecule has 8 nitrogen and oxygen atoms in total. The number of anilines is 1. The largest absolute Gasteiger partial charge is 0.379 e. The SMILES string of the molecule is CC1CCCN([C@H](C)c2cc3c(c(C4CC4)n2)CN(c2cccc(C4(Cc5nncn5C)COC4)c2)C3=O)C1. The van der Waals surface area contributed by atoms with Gasteiger partial charge in [0.2, 0.25) is 0 Å². The van der Waals surface area contributed by atoms with Gasteiger partial charge in [0.15, 0.2) is 0 Å². The van der Waals surface area contributed by atoms with E-state index in [1.807, 2.05) is 16.5 Å². The zero-order valence-electron chi connectivity index (χ0n) is 23.3. The van der Waals surface area contributed by atoms with Gasteiger partial charge in [0.1, 0.15) is 12.2 Å². The molecule has 2 atom stereocenters. The molecule has 7 rings (SSSR count). The molecule has 5 heterocycles. The van der Waals surface area contributed by atoms with Gasteiger partial charge in [0.05, 0.1) is 25.5 Å². The fraction of sp³-hybridized carbons (Fsp3) is 0.548.